The van der Waals surface area contributed by atoms with Gasteiger partial charge in [0.15, 0.2) is 6.61 Å². The Kier molecular flexibility index (Phi) is 7.69. The van der Waals surface area contributed by atoms with Gasteiger partial charge in [0, 0.05) is 19.2 Å². The van der Waals surface area contributed by atoms with Crippen LogP contribution in [0.25, 0.3) is 0 Å². The van der Waals surface area contributed by atoms with E-state index in [1.165, 1.54) is 24.1 Å². The third-order valence-corrected chi connectivity index (χ3v) is 4.50. The number of nitrogens with zero attached hydrogens (tertiary/aromatic N) is 1. The topological polar surface area (TPSA) is 75.7 Å². The lowest BCUT2D eigenvalue weighted by Crippen LogP contribution is -2.34. The van der Waals surface area contributed by atoms with Gasteiger partial charge in [-0.2, -0.15) is 0 Å². The van der Waals surface area contributed by atoms with Crippen molar-refractivity contribution in [3.8, 4) is 0 Å². The van der Waals surface area contributed by atoms with Crippen molar-refractivity contribution in [1.29, 1.82) is 0 Å². The second-order valence-corrected chi connectivity index (χ2v) is 8.05. The molecule has 0 fully saturated rings. The van der Waals surface area contributed by atoms with Crippen LogP contribution in [0, 0.1) is 5.82 Å². The van der Waals surface area contributed by atoms with Crippen molar-refractivity contribution in [2.24, 2.45) is 0 Å². The molecule has 1 N–H and O–H groups in total. The molecule has 2 aromatic carbocycles. The molecule has 0 aliphatic rings. The van der Waals surface area contributed by atoms with E-state index in [0.717, 1.165) is 5.56 Å². The summed E-state index contributed by atoms with van der Waals surface area (Å²) in [5.41, 5.74) is 2.13. The minimum Gasteiger partial charge on any atom is -0.454 e. The van der Waals surface area contributed by atoms with E-state index < -0.39 is 24.4 Å². The molecule has 0 atom stereocenters. The van der Waals surface area contributed by atoms with Crippen LogP contribution in [0.15, 0.2) is 48.5 Å². The highest BCUT2D eigenvalue weighted by Crippen LogP contribution is 2.22. The van der Waals surface area contributed by atoms with E-state index in [1.54, 1.807) is 24.3 Å². The Morgan fingerprint density at radius 1 is 1.07 bits per heavy atom. The molecular weight excluding hydrogens is 387 g/mol. The summed E-state index contributed by atoms with van der Waals surface area (Å²) < 4.78 is 18.1. The third-order valence-electron chi connectivity index (χ3n) is 4.50. The first-order valence-corrected chi connectivity index (χ1v) is 9.59. The number of hydrogen-bond donors (Lipinski definition) is 1. The number of carbonyl (C=O) groups excluding carboxylic acids is 3. The van der Waals surface area contributed by atoms with Gasteiger partial charge in [-0.25, -0.2) is 4.39 Å². The summed E-state index contributed by atoms with van der Waals surface area (Å²) >= 11 is 0. The lowest BCUT2D eigenvalue weighted by molar-refractivity contribution is -0.150. The zero-order chi connectivity index (χ0) is 22.3. The van der Waals surface area contributed by atoms with Crippen LogP contribution in [0.1, 0.15) is 42.3 Å². The molecule has 0 aliphatic carbocycles. The number of nitrogens with one attached hydrogen (secondary N) is 1. The van der Waals surface area contributed by atoms with E-state index in [2.05, 4.69) is 26.1 Å². The van der Waals surface area contributed by atoms with E-state index in [9.17, 15) is 18.8 Å². The molecule has 0 radical (unpaired) electrons. The fourth-order valence-electron chi connectivity index (χ4n) is 2.68. The highest BCUT2D eigenvalue weighted by molar-refractivity contribution is 5.96. The average molecular weight is 414 g/mol. The van der Waals surface area contributed by atoms with Crippen LogP contribution >= 0.6 is 0 Å². The molecule has 0 aliphatic heterocycles. The summed E-state index contributed by atoms with van der Waals surface area (Å²) in [7, 11) is 1.53. The number of ether oxygens (including phenoxy) is 1. The standard InChI is InChI=1S/C23H27FN2O4/c1-23(2,3)18-10-8-17(9-11-18)22(29)25-13-21(28)30-15-20(27)26(4)14-16-6-5-7-19(24)12-16/h5-12H,13-15H2,1-4H3,(H,25,29). The fraction of sp³-hybridized carbons (Fsp3) is 0.348. The van der Waals surface area contributed by atoms with Gasteiger partial charge in [-0.15, -0.1) is 0 Å². The molecule has 0 aromatic heterocycles. The Morgan fingerprint density at radius 2 is 1.73 bits per heavy atom. The molecule has 0 saturated carbocycles. The molecule has 7 heteroatoms. The number of hydrogen-bond acceptors (Lipinski definition) is 4. The number of halogens is 1. The maximum atomic E-state index is 13.2. The Bertz CT molecular complexity index is 904. The number of carbonyl (C=O) groups is 3. The number of amides is 2. The summed E-state index contributed by atoms with van der Waals surface area (Å²) in [6.45, 7) is 5.62. The zero-order valence-electron chi connectivity index (χ0n) is 17.7. The predicted molar refractivity (Wildman–Crippen MR) is 111 cm³/mol. The van der Waals surface area contributed by atoms with Gasteiger partial charge in [-0.05, 0) is 40.8 Å². The predicted octanol–water partition coefficient (Wildman–Crippen LogP) is 3.05. The molecule has 2 amide bonds. The van der Waals surface area contributed by atoms with Crippen molar-refractivity contribution in [2.75, 3.05) is 20.2 Å². The highest BCUT2D eigenvalue weighted by atomic mass is 19.1. The Balaban J connectivity index is 1.76. The lowest BCUT2D eigenvalue weighted by atomic mass is 9.87. The maximum absolute atomic E-state index is 13.2. The van der Waals surface area contributed by atoms with Gasteiger partial charge in [-0.3, -0.25) is 14.4 Å². The quantitative estimate of drug-likeness (QED) is 0.707. The molecule has 0 bridgehead atoms. The summed E-state index contributed by atoms with van der Waals surface area (Å²) in [6, 6.07) is 13.1. The smallest absolute Gasteiger partial charge is 0.325 e. The first-order valence-electron chi connectivity index (χ1n) is 9.59. The van der Waals surface area contributed by atoms with Crippen LogP contribution in [-0.4, -0.2) is 42.9 Å². The van der Waals surface area contributed by atoms with Crippen LogP contribution in [0.2, 0.25) is 0 Å². The summed E-state index contributed by atoms with van der Waals surface area (Å²) in [5, 5.41) is 2.48. The van der Waals surface area contributed by atoms with Crippen molar-refractivity contribution in [1.82, 2.24) is 10.2 Å². The van der Waals surface area contributed by atoms with Gasteiger partial charge in [0.25, 0.3) is 11.8 Å². The number of esters is 1. The van der Waals surface area contributed by atoms with Crippen molar-refractivity contribution in [3.05, 3.63) is 71.0 Å². The summed E-state index contributed by atoms with van der Waals surface area (Å²) in [6.07, 6.45) is 0. The van der Waals surface area contributed by atoms with E-state index in [1.807, 2.05) is 12.1 Å². The van der Waals surface area contributed by atoms with Gasteiger partial charge in [-0.1, -0.05) is 45.0 Å². The van der Waals surface area contributed by atoms with E-state index in [4.69, 9.17) is 4.74 Å². The summed E-state index contributed by atoms with van der Waals surface area (Å²) in [4.78, 5) is 37.4. The molecule has 0 saturated heterocycles. The molecule has 160 valence electrons. The van der Waals surface area contributed by atoms with E-state index >= 15 is 0 Å². The Hall–Kier alpha value is -3.22. The monoisotopic (exact) mass is 414 g/mol. The number of likely N-dealkylation sites (N-methyl/N-ethyl adjacent to an activating group) is 1. The van der Waals surface area contributed by atoms with Crippen molar-refractivity contribution in [2.45, 2.75) is 32.7 Å². The third kappa shape index (κ3) is 6.99. The second kappa shape index (κ2) is 10.0. The van der Waals surface area contributed by atoms with Gasteiger partial charge in [0.2, 0.25) is 0 Å². The largest absolute Gasteiger partial charge is 0.454 e. The van der Waals surface area contributed by atoms with Crippen molar-refractivity contribution >= 4 is 17.8 Å². The van der Waals surface area contributed by atoms with Crippen molar-refractivity contribution in [3.63, 3.8) is 0 Å². The first-order chi connectivity index (χ1) is 14.1. The minimum absolute atomic E-state index is 0.0207. The maximum Gasteiger partial charge on any atom is 0.325 e. The first kappa shape index (κ1) is 23.1. The van der Waals surface area contributed by atoms with E-state index in [-0.39, 0.29) is 24.3 Å². The van der Waals surface area contributed by atoms with Crippen LogP contribution in [0.5, 0.6) is 0 Å². The molecule has 2 aromatic rings. The molecule has 2 rings (SSSR count). The van der Waals surface area contributed by atoms with Gasteiger partial charge < -0.3 is 15.0 Å². The average Bonchev–Trinajstić information content (AvgIpc) is 2.69. The second-order valence-electron chi connectivity index (χ2n) is 8.05. The van der Waals surface area contributed by atoms with Crippen LogP contribution < -0.4 is 5.32 Å². The molecule has 0 heterocycles. The molecule has 0 spiro atoms. The van der Waals surface area contributed by atoms with Crippen LogP contribution in [0.3, 0.4) is 0 Å². The molecule has 30 heavy (non-hydrogen) atoms. The highest BCUT2D eigenvalue weighted by Gasteiger charge is 2.16. The van der Waals surface area contributed by atoms with Gasteiger partial charge >= 0.3 is 5.97 Å². The normalized spacial score (nSPS) is 11.0. The van der Waals surface area contributed by atoms with Gasteiger partial charge in [0.05, 0.1) is 0 Å². The Morgan fingerprint density at radius 3 is 2.33 bits per heavy atom. The van der Waals surface area contributed by atoms with Crippen LogP contribution in [-0.2, 0) is 26.3 Å². The number of rotatable bonds is 7. The molecular formula is C23H27FN2O4. The molecule has 0 unspecified atom stereocenters. The SMILES string of the molecule is CN(Cc1cccc(F)c1)C(=O)COC(=O)CNC(=O)c1ccc(C(C)(C)C)cc1. The van der Waals surface area contributed by atoms with Crippen molar-refractivity contribution < 1.29 is 23.5 Å². The van der Waals surface area contributed by atoms with Crippen LogP contribution in [0.4, 0.5) is 4.39 Å². The lowest BCUT2D eigenvalue weighted by Gasteiger charge is -2.19. The zero-order valence-corrected chi connectivity index (χ0v) is 17.7. The minimum atomic E-state index is -0.720. The fourth-order valence-corrected chi connectivity index (χ4v) is 2.68. The summed E-state index contributed by atoms with van der Waals surface area (Å²) in [5.74, 6) is -1.94. The van der Waals surface area contributed by atoms with E-state index in [0.29, 0.717) is 11.1 Å². The number of benzene rings is 2. The molecule has 6 nitrogen and oxygen atoms in total. The Labute approximate surface area is 176 Å². The van der Waals surface area contributed by atoms with Gasteiger partial charge in [0.1, 0.15) is 12.4 Å².